The number of carbonyl (C=O) groups is 2. The largest absolute Gasteiger partial charge is 0.393 e. The van der Waals surface area contributed by atoms with Crippen LogP contribution in [-0.2, 0) is 9.59 Å². The Balaban J connectivity index is 3.53. The maximum atomic E-state index is 11.7. The molecule has 0 fully saturated rings. The molecule has 0 aromatic rings. The van der Waals surface area contributed by atoms with E-state index in [-0.39, 0.29) is 37.2 Å². The van der Waals surface area contributed by atoms with Crippen LogP contribution in [0.15, 0.2) is 4.99 Å². The number of aliphatic hydroxyl groups excluding tert-OH is 1. The van der Waals surface area contributed by atoms with Gasteiger partial charge < -0.3 is 38.3 Å². The third-order valence-corrected chi connectivity index (χ3v) is 4.00. The first-order chi connectivity index (χ1) is 13.5. The molecule has 164 valence electrons. The number of aliphatic hydroxyl groups is 1. The van der Waals surface area contributed by atoms with Gasteiger partial charge in [-0.1, -0.05) is 0 Å². The number of rotatable bonds is 18. The van der Waals surface area contributed by atoms with Crippen molar-refractivity contribution in [2.75, 3.05) is 39.3 Å². The van der Waals surface area contributed by atoms with Gasteiger partial charge in [-0.15, -0.1) is 0 Å². The maximum absolute atomic E-state index is 11.7. The van der Waals surface area contributed by atoms with Crippen LogP contribution in [0.2, 0.25) is 0 Å². The highest BCUT2D eigenvalue weighted by molar-refractivity contribution is 5.79. The predicted octanol–water partition coefficient (Wildman–Crippen LogP) is -1.48. The maximum Gasteiger partial charge on any atom is 0.222 e. The Morgan fingerprint density at radius 3 is 2.29 bits per heavy atom. The van der Waals surface area contributed by atoms with Gasteiger partial charge in [0.1, 0.15) is 0 Å². The molecule has 1 atom stereocenters. The Hall–Kier alpha value is -1.91. The summed E-state index contributed by atoms with van der Waals surface area (Å²) in [4.78, 5) is 27.3. The van der Waals surface area contributed by atoms with E-state index in [0.717, 1.165) is 45.2 Å². The highest BCUT2D eigenvalue weighted by Gasteiger charge is 2.10. The van der Waals surface area contributed by atoms with Crippen LogP contribution < -0.4 is 33.2 Å². The minimum Gasteiger partial charge on any atom is -0.393 e. The summed E-state index contributed by atoms with van der Waals surface area (Å²) in [5, 5.41) is 18.6. The van der Waals surface area contributed by atoms with Crippen LogP contribution >= 0.6 is 0 Å². The molecule has 28 heavy (non-hydrogen) atoms. The van der Waals surface area contributed by atoms with E-state index in [1.165, 1.54) is 0 Å². The summed E-state index contributed by atoms with van der Waals surface area (Å²) in [7, 11) is 0. The molecule has 2 amide bonds. The first-order valence-corrected chi connectivity index (χ1v) is 10.1. The molecule has 0 heterocycles. The van der Waals surface area contributed by atoms with E-state index >= 15 is 0 Å². The molecule has 0 aromatic carbocycles. The number of amides is 2. The van der Waals surface area contributed by atoms with Gasteiger partial charge >= 0.3 is 0 Å². The number of nitrogens with zero attached hydrogens (tertiary/aromatic N) is 1. The van der Waals surface area contributed by atoms with Crippen LogP contribution in [0.5, 0.6) is 0 Å². The Morgan fingerprint density at radius 2 is 1.57 bits per heavy atom. The zero-order valence-electron chi connectivity index (χ0n) is 16.9. The Labute approximate surface area is 168 Å². The van der Waals surface area contributed by atoms with E-state index in [2.05, 4.69) is 20.9 Å². The molecule has 0 bridgehead atoms. The number of aliphatic imine (C=N–C) groups is 1. The van der Waals surface area contributed by atoms with E-state index in [9.17, 15) is 14.7 Å². The summed E-state index contributed by atoms with van der Waals surface area (Å²) in [6, 6.07) is 0. The first-order valence-electron chi connectivity index (χ1n) is 10.1. The molecule has 0 saturated heterocycles. The van der Waals surface area contributed by atoms with Gasteiger partial charge in [0, 0.05) is 26.1 Å². The minimum atomic E-state index is -0.702. The average Bonchev–Trinajstić information content (AvgIpc) is 2.63. The van der Waals surface area contributed by atoms with Crippen molar-refractivity contribution in [2.24, 2.45) is 22.2 Å². The zero-order valence-corrected chi connectivity index (χ0v) is 16.9. The normalized spacial score (nSPS) is 11.6. The average molecular weight is 402 g/mol. The molecule has 0 aliphatic carbocycles. The lowest BCUT2D eigenvalue weighted by Crippen LogP contribution is -2.32. The minimum absolute atomic E-state index is 0.0288. The van der Waals surface area contributed by atoms with Gasteiger partial charge in [-0.2, -0.15) is 0 Å². The Morgan fingerprint density at radius 1 is 0.893 bits per heavy atom. The summed E-state index contributed by atoms with van der Waals surface area (Å²) in [5.41, 5.74) is 15.8. The molecule has 0 aromatic heterocycles. The van der Waals surface area contributed by atoms with Gasteiger partial charge in [0.05, 0.1) is 12.5 Å². The number of nitrogens with two attached hydrogens (primary N) is 3. The summed E-state index contributed by atoms with van der Waals surface area (Å²) < 4.78 is 0. The molecule has 1 unspecified atom stereocenters. The van der Waals surface area contributed by atoms with Gasteiger partial charge in [0.25, 0.3) is 0 Å². The van der Waals surface area contributed by atoms with Gasteiger partial charge in [-0.05, 0) is 58.2 Å². The molecular weight excluding hydrogens is 362 g/mol. The van der Waals surface area contributed by atoms with Crippen LogP contribution in [0.4, 0.5) is 0 Å². The number of unbranched alkanes of at least 4 members (excludes halogenated alkanes) is 2. The standard InChI is InChI=1S/C18H39N7O3/c19-8-5-10-22-9-3-4-11-23-16(27)7-13-24-17(28)14-15(26)6-1-2-12-25-18(20)21/h15,22,26H,1-14,19H2,(H,23,27)(H,24,28)(H4,20,21,25). The van der Waals surface area contributed by atoms with Crippen molar-refractivity contribution in [1.29, 1.82) is 0 Å². The lowest BCUT2D eigenvalue weighted by atomic mass is 10.1. The van der Waals surface area contributed by atoms with Crippen LogP contribution in [0.1, 0.15) is 51.4 Å². The molecule has 0 radical (unpaired) electrons. The second-order valence-corrected chi connectivity index (χ2v) is 6.71. The van der Waals surface area contributed by atoms with E-state index in [1.807, 2.05) is 0 Å². The molecule has 10 heteroatoms. The molecule has 10 N–H and O–H groups in total. The highest BCUT2D eigenvalue weighted by Crippen LogP contribution is 2.04. The highest BCUT2D eigenvalue weighted by atomic mass is 16.3. The van der Waals surface area contributed by atoms with Crippen molar-refractivity contribution in [3.8, 4) is 0 Å². The fourth-order valence-electron chi connectivity index (χ4n) is 2.45. The topological polar surface area (TPSA) is 181 Å². The van der Waals surface area contributed by atoms with E-state index in [0.29, 0.717) is 26.1 Å². The number of carbonyl (C=O) groups excluding carboxylic acids is 2. The van der Waals surface area contributed by atoms with Crippen LogP contribution in [0.3, 0.4) is 0 Å². The number of hydrogen-bond donors (Lipinski definition) is 7. The second kappa shape index (κ2) is 18.5. The molecule has 0 aliphatic heterocycles. The first kappa shape index (κ1) is 26.1. The van der Waals surface area contributed by atoms with Crippen LogP contribution in [-0.4, -0.2) is 68.3 Å². The van der Waals surface area contributed by atoms with Gasteiger partial charge in [-0.3, -0.25) is 14.6 Å². The van der Waals surface area contributed by atoms with Crippen molar-refractivity contribution >= 4 is 17.8 Å². The predicted molar refractivity (Wildman–Crippen MR) is 112 cm³/mol. The van der Waals surface area contributed by atoms with Gasteiger partial charge in [-0.25, -0.2) is 0 Å². The van der Waals surface area contributed by atoms with Crippen molar-refractivity contribution in [2.45, 2.75) is 57.5 Å². The van der Waals surface area contributed by atoms with Gasteiger partial charge in [0.2, 0.25) is 11.8 Å². The monoisotopic (exact) mass is 401 g/mol. The number of hydrogen-bond acceptors (Lipinski definition) is 6. The summed E-state index contributed by atoms with van der Waals surface area (Å²) >= 11 is 0. The van der Waals surface area contributed by atoms with E-state index in [1.54, 1.807) is 0 Å². The van der Waals surface area contributed by atoms with Crippen LogP contribution in [0, 0.1) is 0 Å². The van der Waals surface area contributed by atoms with Gasteiger partial charge in [0.15, 0.2) is 5.96 Å². The quantitative estimate of drug-likeness (QED) is 0.0830. The van der Waals surface area contributed by atoms with E-state index < -0.39 is 6.10 Å². The molecule has 10 nitrogen and oxygen atoms in total. The van der Waals surface area contributed by atoms with Crippen molar-refractivity contribution in [1.82, 2.24) is 16.0 Å². The fraction of sp³-hybridized carbons (Fsp3) is 0.833. The molecule has 0 rings (SSSR count). The lowest BCUT2D eigenvalue weighted by Gasteiger charge is -2.11. The molecule has 0 aliphatic rings. The van der Waals surface area contributed by atoms with Crippen molar-refractivity contribution in [3.05, 3.63) is 0 Å². The zero-order chi connectivity index (χ0) is 21.0. The third kappa shape index (κ3) is 18.9. The summed E-state index contributed by atoms with van der Waals surface area (Å²) in [5.74, 6) is -0.288. The SMILES string of the molecule is NCCCNCCCCNC(=O)CCNC(=O)CC(O)CCCCN=C(N)N. The summed E-state index contributed by atoms with van der Waals surface area (Å²) in [6.45, 7) is 3.95. The van der Waals surface area contributed by atoms with Crippen LogP contribution in [0.25, 0.3) is 0 Å². The molecular formula is C18H39N7O3. The molecule has 0 spiro atoms. The Kier molecular flexibility index (Phi) is 17.2. The van der Waals surface area contributed by atoms with Crippen molar-refractivity contribution < 1.29 is 14.7 Å². The number of nitrogens with one attached hydrogen (secondary N) is 3. The number of guanidine groups is 1. The molecule has 0 saturated carbocycles. The lowest BCUT2D eigenvalue weighted by molar-refractivity contribution is -0.123. The third-order valence-electron chi connectivity index (χ3n) is 4.00. The summed E-state index contributed by atoms with van der Waals surface area (Å²) in [6.07, 6.45) is 4.42. The van der Waals surface area contributed by atoms with E-state index in [4.69, 9.17) is 17.2 Å². The van der Waals surface area contributed by atoms with Crippen molar-refractivity contribution in [3.63, 3.8) is 0 Å². The second-order valence-electron chi connectivity index (χ2n) is 6.71. The Bertz CT molecular complexity index is 443. The fourth-order valence-corrected chi connectivity index (χ4v) is 2.45. The smallest absolute Gasteiger partial charge is 0.222 e.